The van der Waals surface area contributed by atoms with Crippen LogP contribution >= 0.6 is 0 Å². The van der Waals surface area contributed by atoms with E-state index in [2.05, 4.69) is 13.8 Å². The van der Waals surface area contributed by atoms with E-state index in [0.717, 1.165) is 25.1 Å². The maximum Gasteiger partial charge on any atom is 0.223 e. The summed E-state index contributed by atoms with van der Waals surface area (Å²) in [5, 5.41) is 10.9. The molecule has 1 heterocycles. The van der Waals surface area contributed by atoms with Gasteiger partial charge >= 0.3 is 0 Å². The van der Waals surface area contributed by atoms with Crippen LogP contribution in [-0.2, 0) is 20.4 Å². The Morgan fingerprint density at radius 2 is 1.71 bits per heavy atom. The van der Waals surface area contributed by atoms with Crippen LogP contribution in [0.1, 0.15) is 49.3 Å². The van der Waals surface area contributed by atoms with Crippen LogP contribution in [0.15, 0.2) is 36.4 Å². The fraction of sp³-hybridized carbons (Fsp3) is 0.500. The second kappa shape index (κ2) is 10.7. The van der Waals surface area contributed by atoms with Crippen LogP contribution in [0.5, 0.6) is 17.2 Å². The van der Waals surface area contributed by atoms with Crippen LogP contribution in [0.3, 0.4) is 0 Å². The van der Waals surface area contributed by atoms with E-state index in [1.54, 1.807) is 18.2 Å². The molecule has 8 heteroatoms. The second-order valence-corrected chi connectivity index (χ2v) is 11.7. The normalized spacial score (nSPS) is 19.5. The van der Waals surface area contributed by atoms with E-state index in [1.165, 1.54) is 26.5 Å². The topological polar surface area (TPSA) is 93.1 Å². The molecule has 1 amide bonds. The van der Waals surface area contributed by atoms with Crippen molar-refractivity contribution in [1.82, 2.24) is 4.90 Å². The molecule has 0 saturated carbocycles. The molecule has 2 aromatic rings. The number of carbonyl (C=O) groups is 1. The number of phenols is 1. The van der Waals surface area contributed by atoms with Crippen molar-refractivity contribution in [3.05, 3.63) is 53.1 Å². The highest BCUT2D eigenvalue weighted by atomic mass is 32.2. The van der Waals surface area contributed by atoms with Gasteiger partial charge in [-0.3, -0.25) is 4.79 Å². The van der Waals surface area contributed by atoms with Gasteiger partial charge in [-0.15, -0.1) is 0 Å². The molecule has 1 N–H and O–H groups in total. The van der Waals surface area contributed by atoms with E-state index < -0.39 is 15.8 Å². The summed E-state index contributed by atoms with van der Waals surface area (Å²) in [6.45, 7) is 5.75. The standard InChI is InChI=1S/C26H35NO6S/c1-17-10-18(2)15-27(14-17)25(29)13-22(20-8-6-19(7-9-20)16-34(5,30)31)26-23(28)11-21(32-3)12-24(26)33-4/h6-9,11-12,17-18,22,28H,10,13-16H2,1-5H3. The van der Waals surface area contributed by atoms with Gasteiger partial charge in [-0.05, 0) is 29.4 Å². The number of hydrogen-bond acceptors (Lipinski definition) is 6. The minimum absolute atomic E-state index is 0.0147. The molecular weight excluding hydrogens is 454 g/mol. The number of nitrogens with zero attached hydrogens (tertiary/aromatic N) is 1. The zero-order valence-electron chi connectivity index (χ0n) is 20.6. The van der Waals surface area contributed by atoms with Gasteiger partial charge in [-0.1, -0.05) is 38.1 Å². The number of piperidine rings is 1. The fourth-order valence-corrected chi connectivity index (χ4v) is 5.73. The Hall–Kier alpha value is -2.74. The van der Waals surface area contributed by atoms with Gasteiger partial charge in [0.05, 0.1) is 20.0 Å². The van der Waals surface area contributed by atoms with Gasteiger partial charge in [0.2, 0.25) is 5.91 Å². The first-order valence-corrected chi connectivity index (χ1v) is 13.6. The highest BCUT2D eigenvalue weighted by Crippen LogP contribution is 2.43. The molecule has 186 valence electrons. The average molecular weight is 490 g/mol. The quantitative estimate of drug-likeness (QED) is 0.603. The average Bonchev–Trinajstić information content (AvgIpc) is 2.76. The molecule has 1 saturated heterocycles. The Morgan fingerprint density at radius 3 is 2.24 bits per heavy atom. The first kappa shape index (κ1) is 25.9. The number of sulfone groups is 1. The van der Waals surface area contributed by atoms with Crippen LogP contribution < -0.4 is 9.47 Å². The van der Waals surface area contributed by atoms with Crippen molar-refractivity contribution in [2.75, 3.05) is 33.6 Å². The summed E-state index contributed by atoms with van der Waals surface area (Å²) in [5.74, 6) is 1.21. The summed E-state index contributed by atoms with van der Waals surface area (Å²) in [7, 11) is -0.145. The van der Waals surface area contributed by atoms with Gasteiger partial charge in [0, 0.05) is 49.4 Å². The Labute approximate surface area is 202 Å². The highest BCUT2D eigenvalue weighted by Gasteiger charge is 2.31. The number of amides is 1. The van der Waals surface area contributed by atoms with Crippen LogP contribution in [-0.4, -0.2) is 57.9 Å². The number of carbonyl (C=O) groups excluding carboxylic acids is 1. The molecule has 1 fully saturated rings. The Balaban J connectivity index is 2.01. The van der Waals surface area contributed by atoms with Gasteiger partial charge < -0.3 is 19.5 Å². The molecule has 3 rings (SSSR count). The predicted molar refractivity (Wildman–Crippen MR) is 132 cm³/mol. The zero-order chi connectivity index (χ0) is 25.0. The minimum Gasteiger partial charge on any atom is -0.507 e. The van der Waals surface area contributed by atoms with E-state index in [1.807, 2.05) is 17.0 Å². The molecule has 0 radical (unpaired) electrons. The minimum atomic E-state index is -3.17. The van der Waals surface area contributed by atoms with Crippen molar-refractivity contribution in [3.63, 3.8) is 0 Å². The van der Waals surface area contributed by atoms with E-state index in [-0.39, 0.29) is 23.8 Å². The van der Waals surface area contributed by atoms with E-state index in [4.69, 9.17) is 9.47 Å². The predicted octanol–water partition coefficient (Wildman–Crippen LogP) is 3.98. The lowest BCUT2D eigenvalue weighted by Gasteiger charge is -2.36. The maximum absolute atomic E-state index is 13.4. The number of ether oxygens (including phenoxy) is 2. The summed E-state index contributed by atoms with van der Waals surface area (Å²) in [6.07, 6.45) is 2.45. The monoisotopic (exact) mass is 489 g/mol. The summed E-state index contributed by atoms with van der Waals surface area (Å²) >= 11 is 0. The molecule has 0 aliphatic carbocycles. The zero-order valence-corrected chi connectivity index (χ0v) is 21.4. The van der Waals surface area contributed by atoms with Crippen molar-refractivity contribution in [1.29, 1.82) is 0 Å². The molecule has 1 aliphatic heterocycles. The van der Waals surface area contributed by atoms with E-state index >= 15 is 0 Å². The second-order valence-electron chi connectivity index (χ2n) is 9.58. The van der Waals surface area contributed by atoms with Crippen molar-refractivity contribution in [2.45, 2.75) is 38.4 Å². The SMILES string of the molecule is COc1cc(O)c(C(CC(=O)N2CC(C)CC(C)C2)c2ccc(CS(C)(=O)=O)cc2)c(OC)c1. The van der Waals surface area contributed by atoms with E-state index in [9.17, 15) is 18.3 Å². The lowest BCUT2D eigenvalue weighted by atomic mass is 9.85. The summed E-state index contributed by atoms with van der Waals surface area (Å²) in [4.78, 5) is 15.3. The highest BCUT2D eigenvalue weighted by molar-refractivity contribution is 7.89. The Morgan fingerprint density at radius 1 is 1.09 bits per heavy atom. The number of methoxy groups -OCH3 is 2. The van der Waals surface area contributed by atoms with Crippen molar-refractivity contribution < 1.29 is 27.8 Å². The molecular formula is C26H35NO6S. The lowest BCUT2D eigenvalue weighted by molar-refractivity contribution is -0.134. The lowest BCUT2D eigenvalue weighted by Crippen LogP contribution is -2.43. The molecule has 0 aromatic heterocycles. The smallest absolute Gasteiger partial charge is 0.223 e. The number of benzene rings is 2. The third-order valence-electron chi connectivity index (χ3n) is 6.31. The maximum atomic E-state index is 13.4. The van der Waals surface area contributed by atoms with Crippen LogP contribution in [0, 0.1) is 11.8 Å². The Bertz CT molecular complexity index is 1100. The van der Waals surface area contributed by atoms with Crippen molar-refractivity contribution in [2.24, 2.45) is 11.8 Å². The molecule has 0 spiro atoms. The van der Waals surface area contributed by atoms with Crippen LogP contribution in [0.2, 0.25) is 0 Å². The first-order chi connectivity index (χ1) is 16.0. The summed E-state index contributed by atoms with van der Waals surface area (Å²) < 4.78 is 34.2. The van der Waals surface area contributed by atoms with Gasteiger partial charge in [0.25, 0.3) is 0 Å². The molecule has 2 aromatic carbocycles. The first-order valence-electron chi connectivity index (χ1n) is 11.5. The molecule has 1 aliphatic rings. The molecule has 7 nitrogen and oxygen atoms in total. The number of hydrogen-bond donors (Lipinski definition) is 1. The van der Waals surface area contributed by atoms with Gasteiger partial charge in [0.15, 0.2) is 9.84 Å². The van der Waals surface area contributed by atoms with Crippen LogP contribution in [0.25, 0.3) is 0 Å². The Kier molecular flexibility index (Phi) is 8.13. The number of likely N-dealkylation sites (tertiary alicyclic amines) is 1. The fourth-order valence-electron chi connectivity index (χ4n) is 4.93. The number of rotatable bonds is 8. The molecule has 0 bridgehead atoms. The van der Waals surface area contributed by atoms with Crippen molar-refractivity contribution in [3.8, 4) is 17.2 Å². The number of phenolic OH excluding ortho intramolecular Hbond substituents is 1. The van der Waals surface area contributed by atoms with Gasteiger partial charge in [-0.25, -0.2) is 8.42 Å². The van der Waals surface area contributed by atoms with Crippen molar-refractivity contribution >= 4 is 15.7 Å². The summed E-state index contributed by atoms with van der Waals surface area (Å²) in [5.41, 5.74) is 1.97. The third-order valence-corrected chi connectivity index (χ3v) is 7.17. The van der Waals surface area contributed by atoms with Gasteiger partial charge in [-0.2, -0.15) is 0 Å². The third kappa shape index (κ3) is 6.44. The largest absolute Gasteiger partial charge is 0.507 e. The van der Waals surface area contributed by atoms with Crippen LogP contribution in [0.4, 0.5) is 0 Å². The summed E-state index contributed by atoms with van der Waals surface area (Å²) in [6, 6.07) is 10.4. The van der Waals surface area contributed by atoms with Gasteiger partial charge in [0.1, 0.15) is 17.2 Å². The number of aromatic hydroxyl groups is 1. The molecule has 34 heavy (non-hydrogen) atoms. The van der Waals surface area contributed by atoms with E-state index in [0.29, 0.717) is 34.5 Å². The molecule has 3 atom stereocenters. The molecule has 3 unspecified atom stereocenters.